The molecule has 2 aromatic rings. The van der Waals surface area contributed by atoms with Crippen LogP contribution in [0.5, 0.6) is 11.5 Å². The topological polar surface area (TPSA) is 118 Å². The molecule has 4 rings (SSSR count). The number of morpholine rings is 1. The van der Waals surface area contributed by atoms with Gasteiger partial charge in [0.1, 0.15) is 31.2 Å². The number of nitro groups is 2. The minimum absolute atomic E-state index is 0.00661. The summed E-state index contributed by atoms with van der Waals surface area (Å²) in [5.74, 6) is 1.77. The molecule has 30 heavy (non-hydrogen) atoms. The van der Waals surface area contributed by atoms with Crippen LogP contribution in [0.1, 0.15) is 11.6 Å². The summed E-state index contributed by atoms with van der Waals surface area (Å²) in [5.41, 5.74) is 0.800. The van der Waals surface area contributed by atoms with Crippen molar-refractivity contribution in [3.05, 3.63) is 80.1 Å². The smallest absolute Gasteiger partial charge is 0.270 e. The molecule has 1 fully saturated rings. The third-order valence-corrected chi connectivity index (χ3v) is 5.15. The van der Waals surface area contributed by atoms with Gasteiger partial charge in [-0.25, -0.2) is 0 Å². The fourth-order valence-electron chi connectivity index (χ4n) is 3.69. The molecule has 0 radical (unpaired) electrons. The maximum atomic E-state index is 11.2. The number of quaternary nitrogens is 1. The average Bonchev–Trinajstić information content (AvgIpc) is 3.12. The summed E-state index contributed by atoms with van der Waals surface area (Å²) in [6, 6.07) is 10.3. The highest BCUT2D eigenvalue weighted by Crippen LogP contribution is 2.39. The molecule has 0 aromatic heterocycles. The van der Waals surface area contributed by atoms with E-state index in [4.69, 9.17) is 14.2 Å². The van der Waals surface area contributed by atoms with Gasteiger partial charge in [0.15, 0.2) is 11.8 Å². The first-order chi connectivity index (χ1) is 14.5. The molecule has 0 bridgehead atoms. The van der Waals surface area contributed by atoms with Crippen LogP contribution in [0.25, 0.3) is 0 Å². The van der Waals surface area contributed by atoms with Gasteiger partial charge in [-0.2, -0.15) is 0 Å². The molecule has 10 heteroatoms. The van der Waals surface area contributed by atoms with Gasteiger partial charge in [-0.3, -0.25) is 20.2 Å². The fraction of sp³-hybridized carbons (Fsp3) is 0.300. The first-order valence-corrected chi connectivity index (χ1v) is 9.49. The monoisotopic (exact) mass is 414 g/mol. The van der Waals surface area contributed by atoms with Crippen molar-refractivity contribution in [2.24, 2.45) is 0 Å². The number of benzene rings is 2. The largest absolute Gasteiger partial charge is 0.489 e. The zero-order valence-corrected chi connectivity index (χ0v) is 16.0. The summed E-state index contributed by atoms with van der Waals surface area (Å²) in [7, 11) is 0. The molecule has 1 unspecified atom stereocenters. The number of nitrogens with zero attached hydrogens (tertiary/aromatic N) is 2. The Bertz CT molecular complexity index is 984. The maximum absolute atomic E-state index is 11.2. The Kier molecular flexibility index (Phi) is 5.59. The number of hydrogen-bond donors (Lipinski definition) is 1. The zero-order valence-electron chi connectivity index (χ0n) is 16.0. The van der Waals surface area contributed by atoms with E-state index in [-0.39, 0.29) is 24.0 Å². The quantitative estimate of drug-likeness (QED) is 0.566. The molecule has 0 spiro atoms. The zero-order chi connectivity index (χ0) is 21.1. The van der Waals surface area contributed by atoms with Crippen molar-refractivity contribution in [2.75, 3.05) is 32.9 Å². The third-order valence-electron chi connectivity index (χ3n) is 5.15. The van der Waals surface area contributed by atoms with Gasteiger partial charge in [0.05, 0.1) is 28.6 Å². The molecule has 2 aliphatic heterocycles. The van der Waals surface area contributed by atoms with Gasteiger partial charge < -0.3 is 19.1 Å². The average molecular weight is 414 g/mol. The van der Waals surface area contributed by atoms with Gasteiger partial charge in [-0.15, -0.1) is 0 Å². The Morgan fingerprint density at radius 1 is 1.03 bits per heavy atom. The lowest BCUT2D eigenvalue weighted by Gasteiger charge is -2.29. The Morgan fingerprint density at radius 3 is 2.37 bits per heavy atom. The van der Waals surface area contributed by atoms with Crippen molar-refractivity contribution >= 4 is 11.4 Å². The van der Waals surface area contributed by atoms with Crippen LogP contribution in [0.2, 0.25) is 0 Å². The lowest BCUT2D eigenvalue weighted by Crippen LogP contribution is -3.14. The fourth-order valence-corrected chi connectivity index (χ4v) is 3.69. The van der Waals surface area contributed by atoms with Crippen LogP contribution >= 0.6 is 0 Å². The summed E-state index contributed by atoms with van der Waals surface area (Å²) in [5, 5.41) is 22.0. The summed E-state index contributed by atoms with van der Waals surface area (Å²) in [6.07, 6.45) is 1.81. The second kappa shape index (κ2) is 8.47. The number of ether oxygens (including phenoxy) is 3. The van der Waals surface area contributed by atoms with E-state index in [1.54, 1.807) is 18.2 Å². The molecule has 1 atom stereocenters. The Morgan fingerprint density at radius 2 is 1.70 bits per heavy atom. The Labute approximate surface area is 171 Å². The van der Waals surface area contributed by atoms with E-state index >= 15 is 0 Å². The van der Waals surface area contributed by atoms with Gasteiger partial charge >= 0.3 is 0 Å². The third kappa shape index (κ3) is 4.09. The van der Waals surface area contributed by atoms with Gasteiger partial charge in [0.25, 0.3) is 11.4 Å². The number of rotatable bonds is 6. The first-order valence-electron chi connectivity index (χ1n) is 9.49. The van der Waals surface area contributed by atoms with E-state index in [1.807, 2.05) is 0 Å². The Balaban J connectivity index is 1.54. The van der Waals surface area contributed by atoms with Gasteiger partial charge in [0.2, 0.25) is 0 Å². The molecule has 1 N–H and O–H groups in total. The molecule has 0 amide bonds. The van der Waals surface area contributed by atoms with Gasteiger partial charge in [-0.05, 0) is 24.3 Å². The highest BCUT2D eigenvalue weighted by molar-refractivity contribution is 5.50. The molecule has 0 aliphatic carbocycles. The summed E-state index contributed by atoms with van der Waals surface area (Å²) in [6.45, 7) is 2.95. The minimum atomic E-state index is -0.468. The van der Waals surface area contributed by atoms with E-state index < -0.39 is 9.85 Å². The van der Waals surface area contributed by atoms with Crippen LogP contribution in [0.15, 0.2) is 54.3 Å². The van der Waals surface area contributed by atoms with Crippen molar-refractivity contribution in [3.8, 4) is 11.5 Å². The van der Waals surface area contributed by atoms with Crippen LogP contribution < -0.4 is 14.4 Å². The number of fused-ring (bicyclic) bond motifs is 1. The van der Waals surface area contributed by atoms with Crippen LogP contribution in [0, 0.1) is 20.2 Å². The lowest BCUT2D eigenvalue weighted by molar-refractivity contribution is -0.933. The molecule has 2 aromatic carbocycles. The van der Waals surface area contributed by atoms with Crippen LogP contribution in [-0.4, -0.2) is 42.8 Å². The van der Waals surface area contributed by atoms with Crippen LogP contribution in [0.3, 0.4) is 0 Å². The second-order valence-electron chi connectivity index (χ2n) is 6.95. The highest BCUT2D eigenvalue weighted by atomic mass is 16.6. The van der Waals surface area contributed by atoms with Crippen molar-refractivity contribution in [1.82, 2.24) is 0 Å². The van der Waals surface area contributed by atoms with E-state index in [9.17, 15) is 20.2 Å². The van der Waals surface area contributed by atoms with Crippen molar-refractivity contribution in [2.45, 2.75) is 6.04 Å². The predicted molar refractivity (Wildman–Crippen MR) is 105 cm³/mol. The lowest BCUT2D eigenvalue weighted by atomic mass is 10.0. The summed E-state index contributed by atoms with van der Waals surface area (Å²) >= 11 is 0. The molecule has 1 saturated heterocycles. The van der Waals surface area contributed by atoms with E-state index in [0.29, 0.717) is 30.5 Å². The maximum Gasteiger partial charge on any atom is 0.270 e. The second-order valence-corrected chi connectivity index (χ2v) is 6.95. The number of non-ortho nitro benzene ring substituents is 2. The van der Waals surface area contributed by atoms with E-state index in [0.717, 1.165) is 18.7 Å². The predicted octanol–water partition coefficient (Wildman–Crippen LogP) is 1.81. The SMILES string of the molecule is O=[N+]([O-])c1ccc(OCC=C2Oc3ccc([N+](=O)[O-])cc3C2[NH+]2CCOCC2)cc1. The van der Waals surface area contributed by atoms with Crippen molar-refractivity contribution in [1.29, 1.82) is 0 Å². The molecule has 0 saturated carbocycles. The van der Waals surface area contributed by atoms with Crippen LogP contribution in [-0.2, 0) is 4.74 Å². The highest BCUT2D eigenvalue weighted by Gasteiger charge is 2.39. The summed E-state index contributed by atoms with van der Waals surface area (Å²) in [4.78, 5) is 22.3. The van der Waals surface area contributed by atoms with E-state index in [1.165, 1.54) is 35.2 Å². The molecule has 10 nitrogen and oxygen atoms in total. The van der Waals surface area contributed by atoms with E-state index in [2.05, 4.69) is 0 Å². The number of nitro benzene ring substituents is 2. The number of hydrogen-bond acceptors (Lipinski definition) is 7. The molecular weight excluding hydrogens is 394 g/mol. The molecule has 156 valence electrons. The molecular formula is C20H20N3O7+. The summed E-state index contributed by atoms with van der Waals surface area (Å²) < 4.78 is 17.1. The first kappa shape index (κ1) is 19.8. The number of nitrogens with one attached hydrogen (secondary N) is 1. The van der Waals surface area contributed by atoms with Crippen LogP contribution in [0.4, 0.5) is 11.4 Å². The standard InChI is InChI=1S/C20H19N3O7/c24-22(25)14-1-4-16(5-2-14)29-10-7-19-20(21-8-11-28-12-9-21)17-13-15(23(26)27)3-6-18(17)30-19/h1-7,13,20H,8-12H2/p+1. The normalized spacial score (nSPS) is 19.9. The van der Waals surface area contributed by atoms with Crippen molar-refractivity contribution < 1.29 is 29.0 Å². The van der Waals surface area contributed by atoms with Gasteiger partial charge in [0, 0.05) is 24.3 Å². The van der Waals surface area contributed by atoms with Gasteiger partial charge in [-0.1, -0.05) is 0 Å². The minimum Gasteiger partial charge on any atom is -0.489 e. The molecule has 2 aliphatic rings. The Hall–Kier alpha value is -3.50. The molecule has 2 heterocycles. The van der Waals surface area contributed by atoms with Crippen molar-refractivity contribution in [3.63, 3.8) is 0 Å².